The molecule has 0 spiro atoms. The first-order valence-electron chi connectivity index (χ1n) is 7.67. The van der Waals surface area contributed by atoms with E-state index in [-0.39, 0.29) is 0 Å². The Morgan fingerprint density at radius 2 is 2.04 bits per heavy atom. The average molecular weight is 376 g/mol. The molecule has 124 valence electrons. The van der Waals surface area contributed by atoms with Gasteiger partial charge in [0, 0.05) is 22.5 Å². The summed E-state index contributed by atoms with van der Waals surface area (Å²) in [6.45, 7) is 5.08. The minimum absolute atomic E-state index is 0.438. The number of thioether (sulfide) groups is 1. The maximum atomic E-state index is 6.04. The lowest BCUT2D eigenvalue weighted by atomic mass is 10.2. The Balaban J connectivity index is 1.79. The molecule has 1 saturated heterocycles. The summed E-state index contributed by atoms with van der Waals surface area (Å²) in [5, 5.41) is 5.93. The van der Waals surface area contributed by atoms with Gasteiger partial charge >= 0.3 is 0 Å². The molecule has 1 aliphatic heterocycles. The Morgan fingerprint density at radius 3 is 2.75 bits per heavy atom. The minimum Gasteiger partial charge on any atom is -0.332 e. The van der Waals surface area contributed by atoms with Crippen LogP contribution in [0.2, 0.25) is 5.02 Å². The molecule has 6 heteroatoms. The van der Waals surface area contributed by atoms with Gasteiger partial charge in [0.2, 0.25) is 0 Å². The number of hydrogen-bond acceptors (Lipinski definition) is 3. The van der Waals surface area contributed by atoms with Crippen LogP contribution in [0.1, 0.15) is 12.5 Å². The fourth-order valence-corrected chi connectivity index (χ4v) is 3.92. The Kier molecular flexibility index (Phi) is 5.43. The minimum atomic E-state index is 0.438. The predicted octanol–water partition coefficient (Wildman–Crippen LogP) is 5.47. The number of rotatable bonds is 2. The van der Waals surface area contributed by atoms with Gasteiger partial charge in [-0.25, -0.2) is 4.99 Å². The highest BCUT2D eigenvalue weighted by molar-refractivity contribution is 8.14. The van der Waals surface area contributed by atoms with Gasteiger partial charge in [-0.05, 0) is 49.5 Å². The summed E-state index contributed by atoms with van der Waals surface area (Å²) in [5.41, 5.74) is 3.04. The van der Waals surface area contributed by atoms with Crippen molar-refractivity contribution in [3.05, 3.63) is 59.1 Å². The lowest BCUT2D eigenvalue weighted by molar-refractivity contribution is 0.641. The quantitative estimate of drug-likeness (QED) is 0.704. The first-order valence-corrected chi connectivity index (χ1v) is 9.34. The van der Waals surface area contributed by atoms with E-state index in [0.717, 1.165) is 23.1 Å². The molecular weight excluding hydrogens is 358 g/mol. The van der Waals surface area contributed by atoms with Crippen molar-refractivity contribution < 1.29 is 0 Å². The van der Waals surface area contributed by atoms with Gasteiger partial charge in [-0.15, -0.1) is 0 Å². The van der Waals surface area contributed by atoms with Crippen LogP contribution in [0, 0.1) is 6.92 Å². The number of hydrogen-bond donors (Lipinski definition) is 1. The van der Waals surface area contributed by atoms with E-state index in [0.29, 0.717) is 15.4 Å². The van der Waals surface area contributed by atoms with E-state index in [1.54, 1.807) is 11.8 Å². The molecule has 1 aliphatic rings. The third-order valence-electron chi connectivity index (χ3n) is 3.56. The summed E-state index contributed by atoms with van der Waals surface area (Å²) >= 11 is 13.4. The van der Waals surface area contributed by atoms with Crippen LogP contribution in [-0.2, 0) is 0 Å². The zero-order valence-electron chi connectivity index (χ0n) is 13.5. The molecule has 2 aromatic rings. The summed E-state index contributed by atoms with van der Waals surface area (Å²) in [6, 6.07) is 15.7. The third-order valence-corrected chi connectivity index (χ3v) is 5.19. The second-order valence-corrected chi connectivity index (χ2v) is 7.94. The van der Waals surface area contributed by atoms with Gasteiger partial charge in [0.05, 0.1) is 5.69 Å². The van der Waals surface area contributed by atoms with Gasteiger partial charge in [-0.2, -0.15) is 0 Å². The van der Waals surface area contributed by atoms with Crippen LogP contribution in [0.4, 0.5) is 11.4 Å². The standard InChI is InChI=1S/C18H18ClN3S2/c1-12-6-8-15(9-7-12)21-18-22(11-13(2)24-18)17(23)20-16-5-3-4-14(19)10-16/h3-10,13H,11H2,1-2H3,(H,20,23)/b21-18-. The van der Waals surface area contributed by atoms with Gasteiger partial charge in [-0.1, -0.05) is 54.0 Å². The Morgan fingerprint density at radius 1 is 1.29 bits per heavy atom. The van der Waals surface area contributed by atoms with Gasteiger partial charge in [0.15, 0.2) is 10.3 Å². The Bertz CT molecular complexity index is 774. The highest BCUT2D eigenvalue weighted by Gasteiger charge is 2.28. The first-order chi connectivity index (χ1) is 11.5. The van der Waals surface area contributed by atoms with Crippen molar-refractivity contribution in [3.63, 3.8) is 0 Å². The average Bonchev–Trinajstić information content (AvgIpc) is 2.90. The molecule has 1 unspecified atom stereocenters. The number of amidine groups is 1. The summed E-state index contributed by atoms with van der Waals surface area (Å²) < 4.78 is 0. The molecule has 1 heterocycles. The number of anilines is 1. The molecule has 1 atom stereocenters. The molecular formula is C18H18ClN3S2. The number of halogens is 1. The Hall–Kier alpha value is -1.56. The van der Waals surface area contributed by atoms with Crippen molar-refractivity contribution in [2.45, 2.75) is 19.1 Å². The number of thiocarbonyl (C=S) groups is 1. The molecule has 1 N–H and O–H groups in total. The fraction of sp³-hybridized carbons (Fsp3) is 0.222. The maximum absolute atomic E-state index is 6.04. The van der Waals surface area contributed by atoms with Crippen molar-refractivity contribution in [1.29, 1.82) is 0 Å². The summed E-state index contributed by atoms with van der Waals surface area (Å²) in [5.74, 6) is 0. The zero-order valence-corrected chi connectivity index (χ0v) is 15.9. The summed E-state index contributed by atoms with van der Waals surface area (Å²) in [6.07, 6.45) is 0. The number of benzene rings is 2. The highest BCUT2D eigenvalue weighted by atomic mass is 35.5. The van der Waals surface area contributed by atoms with Crippen LogP contribution in [0.25, 0.3) is 0 Å². The molecule has 0 amide bonds. The summed E-state index contributed by atoms with van der Waals surface area (Å²) in [4.78, 5) is 6.81. The van der Waals surface area contributed by atoms with Crippen LogP contribution in [-0.4, -0.2) is 27.0 Å². The van der Waals surface area contributed by atoms with E-state index < -0.39 is 0 Å². The van der Waals surface area contributed by atoms with Crippen LogP contribution < -0.4 is 5.32 Å². The molecule has 1 fully saturated rings. The van der Waals surface area contributed by atoms with Crippen molar-refractivity contribution in [2.75, 3.05) is 11.9 Å². The Labute approximate surface area is 157 Å². The highest BCUT2D eigenvalue weighted by Crippen LogP contribution is 2.29. The van der Waals surface area contributed by atoms with Crippen molar-refractivity contribution >= 4 is 57.2 Å². The fourth-order valence-electron chi connectivity index (χ4n) is 2.36. The van der Waals surface area contributed by atoms with Crippen molar-refractivity contribution in [2.24, 2.45) is 4.99 Å². The first kappa shape index (κ1) is 17.3. The van der Waals surface area contributed by atoms with E-state index in [4.69, 9.17) is 28.8 Å². The third kappa shape index (κ3) is 4.29. The van der Waals surface area contributed by atoms with Crippen molar-refractivity contribution in [1.82, 2.24) is 4.90 Å². The molecule has 0 aromatic heterocycles. The molecule has 0 aliphatic carbocycles. The van der Waals surface area contributed by atoms with Crippen LogP contribution in [0.15, 0.2) is 53.5 Å². The van der Waals surface area contributed by atoms with E-state index in [2.05, 4.69) is 31.3 Å². The van der Waals surface area contributed by atoms with Crippen molar-refractivity contribution in [3.8, 4) is 0 Å². The second kappa shape index (κ2) is 7.55. The second-order valence-electron chi connectivity index (χ2n) is 5.71. The number of aliphatic imine (C=N–C) groups is 1. The summed E-state index contributed by atoms with van der Waals surface area (Å²) in [7, 11) is 0. The van der Waals surface area contributed by atoms with Gasteiger partial charge in [-0.3, -0.25) is 4.90 Å². The number of nitrogens with zero attached hydrogens (tertiary/aromatic N) is 2. The predicted molar refractivity (Wildman–Crippen MR) is 110 cm³/mol. The van der Waals surface area contributed by atoms with Gasteiger partial charge in [0.1, 0.15) is 0 Å². The normalized spacial score (nSPS) is 18.9. The van der Waals surface area contributed by atoms with Crippen LogP contribution in [0.3, 0.4) is 0 Å². The largest absolute Gasteiger partial charge is 0.332 e. The van der Waals surface area contributed by atoms with Gasteiger partial charge < -0.3 is 5.32 Å². The number of nitrogens with one attached hydrogen (secondary N) is 1. The molecule has 0 saturated carbocycles. The monoisotopic (exact) mass is 375 g/mol. The topological polar surface area (TPSA) is 27.6 Å². The maximum Gasteiger partial charge on any atom is 0.179 e. The number of aryl methyl sites for hydroxylation is 1. The van der Waals surface area contributed by atoms with Gasteiger partial charge in [0.25, 0.3) is 0 Å². The molecule has 0 radical (unpaired) electrons. The molecule has 2 aromatic carbocycles. The smallest absolute Gasteiger partial charge is 0.179 e. The molecule has 3 rings (SSSR count). The van der Waals surface area contributed by atoms with Crippen LogP contribution >= 0.6 is 35.6 Å². The molecule has 3 nitrogen and oxygen atoms in total. The molecule has 0 bridgehead atoms. The van der Waals surface area contributed by atoms with E-state index in [1.165, 1.54) is 5.56 Å². The lowest BCUT2D eigenvalue weighted by Crippen LogP contribution is -2.36. The lowest BCUT2D eigenvalue weighted by Gasteiger charge is -2.20. The van der Waals surface area contributed by atoms with E-state index in [1.807, 2.05) is 41.3 Å². The SMILES string of the molecule is Cc1ccc(/N=C2\SC(C)CN2C(=S)Nc2cccc(Cl)c2)cc1. The van der Waals surface area contributed by atoms with E-state index in [9.17, 15) is 0 Å². The van der Waals surface area contributed by atoms with Crippen LogP contribution in [0.5, 0.6) is 0 Å². The molecule has 24 heavy (non-hydrogen) atoms. The van der Waals surface area contributed by atoms with E-state index >= 15 is 0 Å². The zero-order chi connectivity index (χ0) is 17.1.